The minimum absolute atomic E-state index is 0.0406. The number of amides is 2. The van der Waals surface area contributed by atoms with Gasteiger partial charge in [0.25, 0.3) is 0 Å². The molecule has 2 heterocycles. The van der Waals surface area contributed by atoms with Gasteiger partial charge in [-0.1, -0.05) is 0 Å². The minimum Gasteiger partial charge on any atom is -0.481 e. The lowest BCUT2D eigenvalue weighted by atomic mass is 10.3. The second-order valence-electron chi connectivity index (χ2n) is 4.32. The number of hydrogen-bond acceptors (Lipinski definition) is 4. The molecule has 0 aromatic carbocycles. The summed E-state index contributed by atoms with van der Waals surface area (Å²) in [5.74, 6) is 0.503. The number of rotatable bonds is 5. The number of methoxy groups -OCH3 is 1. The van der Waals surface area contributed by atoms with Crippen LogP contribution in [0.5, 0.6) is 5.88 Å². The van der Waals surface area contributed by atoms with E-state index >= 15 is 0 Å². The van der Waals surface area contributed by atoms with Gasteiger partial charge in [-0.15, -0.1) is 0 Å². The van der Waals surface area contributed by atoms with E-state index in [1.54, 1.807) is 30.1 Å². The molecule has 2 aromatic rings. The third kappa shape index (κ3) is 3.98. The Bertz CT molecular complexity index is 538. The van der Waals surface area contributed by atoms with Crippen molar-refractivity contribution >= 4 is 11.7 Å². The second-order valence-corrected chi connectivity index (χ2v) is 4.32. The van der Waals surface area contributed by atoms with Crippen LogP contribution in [0.15, 0.2) is 36.8 Å². The maximum absolute atomic E-state index is 11.8. The first-order valence-electron chi connectivity index (χ1n) is 6.22. The first kappa shape index (κ1) is 13.9. The first-order chi connectivity index (χ1) is 9.67. The van der Waals surface area contributed by atoms with E-state index in [0.29, 0.717) is 18.1 Å². The van der Waals surface area contributed by atoms with Gasteiger partial charge >= 0.3 is 6.03 Å². The van der Waals surface area contributed by atoms with Gasteiger partial charge in [0.1, 0.15) is 0 Å². The summed E-state index contributed by atoms with van der Waals surface area (Å²) in [5.41, 5.74) is 0.606. The molecular weight excluding hydrogens is 258 g/mol. The Morgan fingerprint density at radius 3 is 2.95 bits per heavy atom. The molecule has 106 valence electrons. The predicted octanol–water partition coefficient (Wildman–Crippen LogP) is 1.50. The second kappa shape index (κ2) is 6.55. The molecular formula is C13H17N5O2. The number of nitrogens with one attached hydrogen (secondary N) is 2. The van der Waals surface area contributed by atoms with E-state index in [1.807, 2.05) is 19.2 Å². The molecule has 0 unspecified atom stereocenters. The van der Waals surface area contributed by atoms with Gasteiger partial charge in [0.2, 0.25) is 5.88 Å². The van der Waals surface area contributed by atoms with Crippen LogP contribution in [0.25, 0.3) is 0 Å². The van der Waals surface area contributed by atoms with Gasteiger partial charge < -0.3 is 15.4 Å². The van der Waals surface area contributed by atoms with Crippen LogP contribution in [-0.2, 0) is 6.54 Å². The summed E-state index contributed by atoms with van der Waals surface area (Å²) in [4.78, 5) is 15.8. The highest BCUT2D eigenvalue weighted by Gasteiger charge is 2.08. The third-order valence-corrected chi connectivity index (χ3v) is 2.60. The molecule has 7 heteroatoms. The molecule has 2 aromatic heterocycles. The van der Waals surface area contributed by atoms with Crippen molar-refractivity contribution in [3.05, 3.63) is 36.8 Å². The number of pyridine rings is 1. The van der Waals surface area contributed by atoms with Gasteiger partial charge in [-0.25, -0.2) is 9.78 Å². The smallest absolute Gasteiger partial charge is 0.319 e. The zero-order chi connectivity index (χ0) is 14.4. The van der Waals surface area contributed by atoms with E-state index in [0.717, 1.165) is 0 Å². The molecule has 0 aliphatic carbocycles. The van der Waals surface area contributed by atoms with Crippen molar-refractivity contribution in [2.45, 2.75) is 19.5 Å². The minimum atomic E-state index is -0.281. The SMILES string of the molecule is COc1ccc(NC(=O)N[C@@H](C)Cn2cccn2)cn1. The fourth-order valence-electron chi connectivity index (χ4n) is 1.70. The number of anilines is 1. The molecule has 0 radical (unpaired) electrons. The van der Waals surface area contributed by atoms with Gasteiger partial charge in [0.15, 0.2) is 0 Å². The summed E-state index contributed by atoms with van der Waals surface area (Å²) in [6.45, 7) is 2.52. The molecule has 0 bridgehead atoms. The Balaban J connectivity index is 1.82. The Morgan fingerprint density at radius 1 is 1.50 bits per heavy atom. The van der Waals surface area contributed by atoms with E-state index in [-0.39, 0.29) is 12.1 Å². The molecule has 0 spiro atoms. The molecule has 0 saturated carbocycles. The van der Waals surface area contributed by atoms with Crippen molar-refractivity contribution in [2.75, 3.05) is 12.4 Å². The van der Waals surface area contributed by atoms with E-state index in [4.69, 9.17) is 4.74 Å². The Morgan fingerprint density at radius 2 is 2.35 bits per heavy atom. The van der Waals surface area contributed by atoms with Crippen molar-refractivity contribution in [2.24, 2.45) is 0 Å². The number of aromatic nitrogens is 3. The molecule has 20 heavy (non-hydrogen) atoms. The highest BCUT2D eigenvalue weighted by atomic mass is 16.5. The van der Waals surface area contributed by atoms with Gasteiger partial charge in [0.05, 0.1) is 25.5 Å². The van der Waals surface area contributed by atoms with Crippen LogP contribution in [0.2, 0.25) is 0 Å². The summed E-state index contributed by atoms with van der Waals surface area (Å²) in [7, 11) is 1.54. The fraction of sp³-hybridized carbons (Fsp3) is 0.308. The summed E-state index contributed by atoms with van der Waals surface area (Å²) in [6.07, 6.45) is 5.09. The van der Waals surface area contributed by atoms with Crippen LogP contribution in [0.4, 0.5) is 10.5 Å². The normalized spacial score (nSPS) is 11.7. The highest BCUT2D eigenvalue weighted by molar-refractivity contribution is 5.89. The van der Waals surface area contributed by atoms with Crippen LogP contribution < -0.4 is 15.4 Å². The largest absolute Gasteiger partial charge is 0.481 e. The average molecular weight is 275 g/mol. The van der Waals surface area contributed by atoms with Gasteiger partial charge in [-0.3, -0.25) is 4.68 Å². The number of ether oxygens (including phenoxy) is 1. The van der Waals surface area contributed by atoms with E-state index in [1.165, 1.54) is 6.20 Å². The molecule has 1 atom stereocenters. The first-order valence-corrected chi connectivity index (χ1v) is 6.22. The van der Waals surface area contributed by atoms with Crippen molar-refractivity contribution in [1.82, 2.24) is 20.1 Å². The molecule has 0 fully saturated rings. The topological polar surface area (TPSA) is 81.1 Å². The standard InChI is InChI=1S/C13H17N5O2/c1-10(9-18-7-3-6-15-18)16-13(19)17-11-4-5-12(20-2)14-8-11/h3-8,10H,9H2,1-2H3,(H2,16,17,19)/t10-/m0/s1. The zero-order valence-corrected chi connectivity index (χ0v) is 11.4. The van der Waals surface area contributed by atoms with E-state index in [2.05, 4.69) is 20.7 Å². The van der Waals surface area contributed by atoms with Crippen LogP contribution in [0, 0.1) is 0 Å². The van der Waals surface area contributed by atoms with Crippen LogP contribution in [-0.4, -0.2) is 33.9 Å². The molecule has 0 saturated heterocycles. The van der Waals surface area contributed by atoms with Crippen LogP contribution in [0.3, 0.4) is 0 Å². The Labute approximate surface area is 117 Å². The quantitative estimate of drug-likeness (QED) is 0.866. The zero-order valence-electron chi connectivity index (χ0n) is 11.4. The van der Waals surface area contributed by atoms with E-state index < -0.39 is 0 Å². The summed E-state index contributed by atoms with van der Waals surface area (Å²) in [5, 5.41) is 9.62. The molecule has 2 N–H and O–H groups in total. The lowest BCUT2D eigenvalue weighted by molar-refractivity contribution is 0.247. The summed E-state index contributed by atoms with van der Waals surface area (Å²) in [6, 6.07) is 4.93. The lowest BCUT2D eigenvalue weighted by Gasteiger charge is -2.14. The highest BCUT2D eigenvalue weighted by Crippen LogP contribution is 2.10. The monoisotopic (exact) mass is 275 g/mol. The lowest BCUT2D eigenvalue weighted by Crippen LogP contribution is -2.38. The Hall–Kier alpha value is -2.57. The van der Waals surface area contributed by atoms with Crippen LogP contribution in [0.1, 0.15) is 6.92 Å². The van der Waals surface area contributed by atoms with Crippen molar-refractivity contribution in [1.29, 1.82) is 0 Å². The van der Waals surface area contributed by atoms with E-state index in [9.17, 15) is 4.79 Å². The van der Waals surface area contributed by atoms with Crippen molar-refractivity contribution < 1.29 is 9.53 Å². The number of carbonyl (C=O) groups is 1. The van der Waals surface area contributed by atoms with Gasteiger partial charge in [0, 0.05) is 24.5 Å². The van der Waals surface area contributed by atoms with Crippen molar-refractivity contribution in [3.63, 3.8) is 0 Å². The average Bonchev–Trinajstić information content (AvgIpc) is 2.92. The Kier molecular flexibility index (Phi) is 4.54. The van der Waals surface area contributed by atoms with Crippen LogP contribution >= 0.6 is 0 Å². The number of nitrogens with zero attached hydrogens (tertiary/aromatic N) is 3. The van der Waals surface area contributed by atoms with Gasteiger partial charge in [-0.05, 0) is 19.1 Å². The number of hydrogen-bond donors (Lipinski definition) is 2. The third-order valence-electron chi connectivity index (χ3n) is 2.60. The number of urea groups is 1. The number of carbonyl (C=O) groups excluding carboxylic acids is 1. The molecule has 0 aliphatic rings. The fourth-order valence-corrected chi connectivity index (χ4v) is 1.70. The summed E-state index contributed by atoms with van der Waals surface area (Å²) >= 11 is 0. The maximum Gasteiger partial charge on any atom is 0.319 e. The molecule has 7 nitrogen and oxygen atoms in total. The van der Waals surface area contributed by atoms with Gasteiger partial charge in [-0.2, -0.15) is 5.10 Å². The maximum atomic E-state index is 11.8. The molecule has 0 aliphatic heterocycles. The predicted molar refractivity (Wildman–Crippen MR) is 74.6 cm³/mol. The molecule has 2 amide bonds. The van der Waals surface area contributed by atoms with Crippen molar-refractivity contribution in [3.8, 4) is 5.88 Å². The summed E-state index contributed by atoms with van der Waals surface area (Å²) < 4.78 is 6.71. The molecule has 2 rings (SSSR count).